The SMILES string of the molecule is O=C(Nc1nc(-c2ccc3c(c2)OCCO3)cs1)[C@H]1C[C@@H](O)CN1. The Morgan fingerprint density at radius 3 is 2.96 bits per heavy atom. The van der Waals surface area contributed by atoms with Crippen LogP contribution in [0.15, 0.2) is 23.6 Å². The molecule has 0 unspecified atom stereocenters. The zero-order chi connectivity index (χ0) is 16.5. The fourth-order valence-corrected chi connectivity index (χ4v) is 3.50. The van der Waals surface area contributed by atoms with Crippen molar-refractivity contribution in [1.29, 1.82) is 0 Å². The van der Waals surface area contributed by atoms with Crippen molar-refractivity contribution >= 4 is 22.4 Å². The largest absolute Gasteiger partial charge is 0.486 e. The van der Waals surface area contributed by atoms with E-state index < -0.39 is 6.10 Å². The highest BCUT2D eigenvalue weighted by molar-refractivity contribution is 7.14. The molecule has 1 amide bonds. The van der Waals surface area contributed by atoms with Gasteiger partial charge in [-0.1, -0.05) is 0 Å². The summed E-state index contributed by atoms with van der Waals surface area (Å²) < 4.78 is 11.1. The maximum absolute atomic E-state index is 12.1. The van der Waals surface area contributed by atoms with Crippen LogP contribution in [-0.4, -0.2) is 47.9 Å². The molecule has 0 bridgehead atoms. The number of amides is 1. The van der Waals surface area contributed by atoms with Gasteiger partial charge in [-0.05, 0) is 24.6 Å². The molecule has 0 saturated carbocycles. The Labute approximate surface area is 142 Å². The molecule has 2 aliphatic heterocycles. The van der Waals surface area contributed by atoms with Crippen LogP contribution in [0.25, 0.3) is 11.3 Å². The Kier molecular flexibility index (Phi) is 4.09. The molecule has 24 heavy (non-hydrogen) atoms. The van der Waals surface area contributed by atoms with Crippen LogP contribution < -0.4 is 20.1 Å². The van der Waals surface area contributed by atoms with E-state index in [-0.39, 0.29) is 11.9 Å². The average molecular weight is 347 g/mol. The van der Waals surface area contributed by atoms with E-state index in [1.807, 2.05) is 23.6 Å². The smallest absolute Gasteiger partial charge is 0.243 e. The molecule has 8 heteroatoms. The zero-order valence-corrected chi connectivity index (χ0v) is 13.6. The van der Waals surface area contributed by atoms with Crippen molar-refractivity contribution in [3.05, 3.63) is 23.6 Å². The second kappa shape index (κ2) is 6.39. The fraction of sp³-hybridized carbons (Fsp3) is 0.375. The van der Waals surface area contributed by atoms with Crippen LogP contribution in [0.3, 0.4) is 0 Å². The number of hydrogen-bond donors (Lipinski definition) is 3. The third-order valence-corrected chi connectivity index (χ3v) is 4.75. The van der Waals surface area contributed by atoms with E-state index >= 15 is 0 Å². The van der Waals surface area contributed by atoms with Crippen LogP contribution in [0.5, 0.6) is 11.5 Å². The Balaban J connectivity index is 1.47. The van der Waals surface area contributed by atoms with Gasteiger partial charge in [-0.3, -0.25) is 4.79 Å². The highest BCUT2D eigenvalue weighted by Gasteiger charge is 2.28. The summed E-state index contributed by atoms with van der Waals surface area (Å²) in [4.78, 5) is 16.6. The number of β-amino-alcohol motifs (C(OH)–C–C–N with tert-alkyl or cyclic N) is 1. The van der Waals surface area contributed by atoms with E-state index in [1.54, 1.807) is 0 Å². The molecule has 7 nitrogen and oxygen atoms in total. The molecule has 1 aromatic heterocycles. The van der Waals surface area contributed by atoms with Gasteiger partial charge < -0.3 is 25.2 Å². The van der Waals surface area contributed by atoms with Crippen LogP contribution in [0, 0.1) is 0 Å². The number of nitrogens with one attached hydrogen (secondary N) is 2. The summed E-state index contributed by atoms with van der Waals surface area (Å²) >= 11 is 1.36. The molecule has 4 rings (SSSR count). The second-order valence-electron chi connectivity index (χ2n) is 5.74. The fourth-order valence-electron chi connectivity index (χ4n) is 2.78. The lowest BCUT2D eigenvalue weighted by molar-refractivity contribution is -0.117. The van der Waals surface area contributed by atoms with Gasteiger partial charge in [0.05, 0.1) is 17.8 Å². The van der Waals surface area contributed by atoms with Crippen LogP contribution >= 0.6 is 11.3 Å². The number of aliphatic hydroxyl groups is 1. The third-order valence-electron chi connectivity index (χ3n) is 4.00. The van der Waals surface area contributed by atoms with Crippen molar-refractivity contribution in [2.75, 3.05) is 25.1 Å². The monoisotopic (exact) mass is 347 g/mol. The van der Waals surface area contributed by atoms with Gasteiger partial charge in [0.2, 0.25) is 5.91 Å². The van der Waals surface area contributed by atoms with Gasteiger partial charge in [-0.15, -0.1) is 11.3 Å². The first-order valence-corrected chi connectivity index (χ1v) is 8.65. The summed E-state index contributed by atoms with van der Waals surface area (Å²) in [7, 11) is 0. The summed E-state index contributed by atoms with van der Waals surface area (Å²) in [5.41, 5.74) is 1.68. The normalized spacial score (nSPS) is 22.4. The summed E-state index contributed by atoms with van der Waals surface area (Å²) in [6, 6.07) is 5.31. The van der Waals surface area contributed by atoms with E-state index in [0.29, 0.717) is 37.1 Å². The Morgan fingerprint density at radius 1 is 1.33 bits per heavy atom. The average Bonchev–Trinajstić information content (AvgIpc) is 3.23. The number of fused-ring (bicyclic) bond motifs is 1. The van der Waals surface area contributed by atoms with Gasteiger partial charge in [-0.2, -0.15) is 0 Å². The van der Waals surface area contributed by atoms with Crippen molar-refractivity contribution < 1.29 is 19.4 Å². The third kappa shape index (κ3) is 3.08. The number of ether oxygens (including phenoxy) is 2. The Hall–Kier alpha value is -2.16. The summed E-state index contributed by atoms with van der Waals surface area (Å²) in [6.45, 7) is 1.54. The molecule has 2 aromatic rings. The van der Waals surface area contributed by atoms with Crippen molar-refractivity contribution in [2.24, 2.45) is 0 Å². The first-order valence-electron chi connectivity index (χ1n) is 7.77. The van der Waals surface area contributed by atoms with Crippen LogP contribution in [-0.2, 0) is 4.79 Å². The number of hydrogen-bond acceptors (Lipinski definition) is 7. The molecule has 1 saturated heterocycles. The summed E-state index contributed by atoms with van der Waals surface area (Å²) in [5.74, 6) is 1.27. The molecule has 2 atom stereocenters. The van der Waals surface area contributed by atoms with E-state index in [0.717, 1.165) is 17.0 Å². The van der Waals surface area contributed by atoms with Gasteiger partial charge in [0.15, 0.2) is 16.6 Å². The Morgan fingerprint density at radius 2 is 2.17 bits per heavy atom. The minimum Gasteiger partial charge on any atom is -0.486 e. The van der Waals surface area contributed by atoms with Gasteiger partial charge >= 0.3 is 0 Å². The van der Waals surface area contributed by atoms with E-state index in [4.69, 9.17) is 9.47 Å². The number of carbonyl (C=O) groups is 1. The maximum atomic E-state index is 12.1. The molecule has 2 aliphatic rings. The summed E-state index contributed by atoms with van der Waals surface area (Å²) in [5, 5.41) is 17.7. The topological polar surface area (TPSA) is 92.7 Å². The molecular weight excluding hydrogens is 330 g/mol. The Bertz CT molecular complexity index is 764. The molecule has 0 aliphatic carbocycles. The highest BCUT2D eigenvalue weighted by Crippen LogP contribution is 2.35. The van der Waals surface area contributed by atoms with Crippen molar-refractivity contribution in [3.8, 4) is 22.8 Å². The van der Waals surface area contributed by atoms with Gasteiger partial charge in [0, 0.05) is 17.5 Å². The molecule has 3 heterocycles. The number of carbonyl (C=O) groups excluding carboxylic acids is 1. The van der Waals surface area contributed by atoms with Crippen molar-refractivity contribution in [1.82, 2.24) is 10.3 Å². The molecule has 3 N–H and O–H groups in total. The lowest BCUT2D eigenvalue weighted by Crippen LogP contribution is -2.35. The molecule has 1 aromatic carbocycles. The van der Waals surface area contributed by atoms with E-state index in [9.17, 15) is 9.90 Å². The van der Waals surface area contributed by atoms with Gasteiger partial charge in [0.1, 0.15) is 13.2 Å². The number of nitrogens with zero attached hydrogens (tertiary/aromatic N) is 1. The second-order valence-corrected chi connectivity index (χ2v) is 6.59. The number of benzene rings is 1. The number of rotatable bonds is 3. The molecule has 0 spiro atoms. The van der Waals surface area contributed by atoms with Crippen molar-refractivity contribution in [3.63, 3.8) is 0 Å². The van der Waals surface area contributed by atoms with Crippen LogP contribution in [0.4, 0.5) is 5.13 Å². The highest BCUT2D eigenvalue weighted by atomic mass is 32.1. The summed E-state index contributed by atoms with van der Waals surface area (Å²) in [6.07, 6.45) is -0.0445. The molecule has 126 valence electrons. The number of thiazole rings is 1. The molecule has 1 fully saturated rings. The van der Waals surface area contributed by atoms with Gasteiger partial charge in [-0.25, -0.2) is 4.98 Å². The van der Waals surface area contributed by atoms with Crippen LogP contribution in [0.2, 0.25) is 0 Å². The minimum absolute atomic E-state index is 0.172. The number of anilines is 1. The lowest BCUT2D eigenvalue weighted by Gasteiger charge is -2.18. The zero-order valence-electron chi connectivity index (χ0n) is 12.8. The minimum atomic E-state index is -0.467. The molecule has 0 radical (unpaired) electrons. The van der Waals surface area contributed by atoms with E-state index in [2.05, 4.69) is 15.6 Å². The van der Waals surface area contributed by atoms with Crippen molar-refractivity contribution in [2.45, 2.75) is 18.6 Å². The first kappa shape index (κ1) is 15.4. The maximum Gasteiger partial charge on any atom is 0.243 e. The predicted octanol–water partition coefficient (Wildman–Crippen LogP) is 1.24. The number of aromatic nitrogens is 1. The standard InChI is InChI=1S/C16H17N3O4S/c20-10-6-11(17-7-10)15(21)19-16-18-12(8-24-16)9-1-2-13-14(5-9)23-4-3-22-13/h1-2,5,8,10-11,17,20H,3-4,6-7H2,(H,18,19,21)/t10-,11-/m1/s1. The van der Waals surface area contributed by atoms with Gasteiger partial charge in [0.25, 0.3) is 0 Å². The molecular formula is C16H17N3O4S. The lowest BCUT2D eigenvalue weighted by atomic mass is 10.1. The van der Waals surface area contributed by atoms with Crippen LogP contribution in [0.1, 0.15) is 6.42 Å². The predicted molar refractivity (Wildman–Crippen MR) is 89.6 cm³/mol. The first-order chi connectivity index (χ1) is 11.7. The van der Waals surface area contributed by atoms with E-state index in [1.165, 1.54) is 11.3 Å². The number of aliphatic hydroxyl groups excluding tert-OH is 1. The quantitative estimate of drug-likeness (QED) is 0.774.